The summed E-state index contributed by atoms with van der Waals surface area (Å²) in [5.74, 6) is -2.66. The summed E-state index contributed by atoms with van der Waals surface area (Å²) >= 11 is 0. The first-order chi connectivity index (χ1) is 14.8. The molecule has 2 heterocycles. The van der Waals surface area contributed by atoms with Gasteiger partial charge in [-0.05, 0) is 24.6 Å². The van der Waals surface area contributed by atoms with Crippen LogP contribution in [0.5, 0.6) is 0 Å². The van der Waals surface area contributed by atoms with E-state index in [2.05, 4.69) is 20.0 Å². The number of H-pyrrole nitrogens is 1. The molecule has 0 bridgehead atoms. The van der Waals surface area contributed by atoms with Crippen molar-refractivity contribution in [3.63, 3.8) is 0 Å². The largest absolute Gasteiger partial charge is 0.469 e. The van der Waals surface area contributed by atoms with E-state index in [-0.39, 0.29) is 24.9 Å². The Hall–Kier alpha value is -3.50. The lowest BCUT2D eigenvalue weighted by Crippen LogP contribution is -2.51. The lowest BCUT2D eigenvalue weighted by atomic mass is 9.95. The van der Waals surface area contributed by atoms with E-state index >= 15 is 0 Å². The number of nitrogens with one attached hydrogen (secondary N) is 2. The predicted molar refractivity (Wildman–Crippen MR) is 103 cm³/mol. The van der Waals surface area contributed by atoms with Gasteiger partial charge in [-0.25, -0.2) is 23.4 Å². The van der Waals surface area contributed by atoms with Gasteiger partial charge in [0.2, 0.25) is 0 Å². The molecule has 0 saturated carbocycles. The van der Waals surface area contributed by atoms with Crippen LogP contribution in [0.2, 0.25) is 0 Å². The standard InChI is InChI=1S/C20H22F2N4O5/c1-30-16(27)6-5-15(19(28)31-2)25-20(29)26-8-7-14-17(24-10-23-14)18(26)12-9-11(21)3-4-13(12)22/h3-4,9-10,15,18H,5-8H2,1-2H3,(H,23,24)(H,25,29). The minimum atomic E-state index is -1.13. The Kier molecular flexibility index (Phi) is 6.83. The van der Waals surface area contributed by atoms with E-state index in [4.69, 9.17) is 4.74 Å². The van der Waals surface area contributed by atoms with E-state index in [9.17, 15) is 23.2 Å². The highest BCUT2D eigenvalue weighted by Gasteiger charge is 2.37. The van der Waals surface area contributed by atoms with Crippen LogP contribution in [0.15, 0.2) is 24.5 Å². The molecule has 1 aliphatic heterocycles. The Balaban J connectivity index is 1.89. The van der Waals surface area contributed by atoms with E-state index in [1.165, 1.54) is 18.3 Å². The van der Waals surface area contributed by atoms with Crippen LogP contribution in [0, 0.1) is 11.6 Å². The number of methoxy groups -OCH3 is 2. The second-order valence-electron chi connectivity index (χ2n) is 6.92. The lowest BCUT2D eigenvalue weighted by molar-refractivity contribution is -0.144. The molecule has 0 fully saturated rings. The molecule has 11 heteroatoms. The molecular weight excluding hydrogens is 414 g/mol. The van der Waals surface area contributed by atoms with E-state index in [1.807, 2.05) is 0 Å². The van der Waals surface area contributed by atoms with Crippen molar-refractivity contribution in [1.29, 1.82) is 0 Å². The van der Waals surface area contributed by atoms with Crippen molar-refractivity contribution < 1.29 is 32.6 Å². The molecule has 0 saturated heterocycles. The molecule has 2 amide bonds. The number of hydrogen-bond acceptors (Lipinski definition) is 6. The van der Waals surface area contributed by atoms with Gasteiger partial charge in [0.05, 0.1) is 26.2 Å². The molecule has 0 aliphatic carbocycles. The van der Waals surface area contributed by atoms with Gasteiger partial charge in [-0.2, -0.15) is 0 Å². The molecule has 9 nitrogen and oxygen atoms in total. The Morgan fingerprint density at radius 2 is 2.06 bits per heavy atom. The van der Waals surface area contributed by atoms with Crippen molar-refractivity contribution in [2.24, 2.45) is 0 Å². The molecule has 1 aromatic carbocycles. The number of aromatic amines is 1. The van der Waals surface area contributed by atoms with Crippen molar-refractivity contribution in [2.45, 2.75) is 31.3 Å². The van der Waals surface area contributed by atoms with Crippen molar-refractivity contribution in [1.82, 2.24) is 20.2 Å². The minimum absolute atomic E-state index is 0.0500. The average Bonchev–Trinajstić information content (AvgIpc) is 3.25. The highest BCUT2D eigenvalue weighted by molar-refractivity contribution is 5.84. The fraction of sp³-hybridized carbons (Fsp3) is 0.400. The third kappa shape index (κ3) is 4.81. The number of nitrogens with zero attached hydrogens (tertiary/aromatic N) is 2. The fourth-order valence-electron chi connectivity index (χ4n) is 3.52. The number of rotatable bonds is 6. The molecule has 31 heavy (non-hydrogen) atoms. The number of ether oxygens (including phenoxy) is 2. The Labute approximate surface area is 176 Å². The maximum absolute atomic E-state index is 14.6. The number of imidazole rings is 1. The molecule has 1 aromatic heterocycles. The highest BCUT2D eigenvalue weighted by atomic mass is 19.1. The van der Waals surface area contributed by atoms with Crippen molar-refractivity contribution in [2.75, 3.05) is 20.8 Å². The molecule has 2 unspecified atom stereocenters. The first kappa shape index (κ1) is 22.2. The molecule has 166 valence electrons. The quantitative estimate of drug-likeness (QED) is 0.668. The van der Waals surface area contributed by atoms with Gasteiger partial charge in [0.1, 0.15) is 23.7 Å². The van der Waals surface area contributed by atoms with Gasteiger partial charge in [-0.1, -0.05) is 0 Å². The van der Waals surface area contributed by atoms with E-state index in [0.717, 1.165) is 25.3 Å². The fourth-order valence-corrected chi connectivity index (χ4v) is 3.52. The second-order valence-corrected chi connectivity index (χ2v) is 6.92. The van der Waals surface area contributed by atoms with Crippen LogP contribution in [0.4, 0.5) is 13.6 Å². The van der Waals surface area contributed by atoms with Crippen LogP contribution in [-0.2, 0) is 25.5 Å². The zero-order chi connectivity index (χ0) is 22.5. The van der Waals surface area contributed by atoms with E-state index in [1.54, 1.807) is 0 Å². The topological polar surface area (TPSA) is 114 Å². The summed E-state index contributed by atoms with van der Waals surface area (Å²) < 4.78 is 37.7. The van der Waals surface area contributed by atoms with Gasteiger partial charge in [0, 0.05) is 30.6 Å². The number of benzene rings is 1. The molecule has 3 rings (SSSR count). The van der Waals surface area contributed by atoms with Crippen molar-refractivity contribution in [3.05, 3.63) is 53.1 Å². The lowest BCUT2D eigenvalue weighted by Gasteiger charge is -2.36. The molecule has 1 aliphatic rings. The van der Waals surface area contributed by atoms with E-state index < -0.39 is 41.7 Å². The van der Waals surface area contributed by atoms with Gasteiger partial charge < -0.3 is 24.7 Å². The number of carbonyl (C=O) groups excluding carboxylic acids is 3. The molecule has 2 aromatic rings. The van der Waals surface area contributed by atoms with Crippen LogP contribution in [-0.4, -0.2) is 59.6 Å². The third-order valence-corrected chi connectivity index (χ3v) is 5.09. The highest BCUT2D eigenvalue weighted by Crippen LogP contribution is 2.35. The predicted octanol–water partition coefficient (Wildman–Crippen LogP) is 1.84. The zero-order valence-electron chi connectivity index (χ0n) is 17.0. The Bertz CT molecular complexity index is 980. The molecule has 2 atom stereocenters. The Morgan fingerprint density at radius 1 is 1.29 bits per heavy atom. The number of aromatic nitrogens is 2. The first-order valence-corrected chi connectivity index (χ1v) is 9.54. The third-order valence-electron chi connectivity index (χ3n) is 5.09. The SMILES string of the molecule is COC(=O)CCC(NC(=O)N1CCc2[nH]cnc2C1c1cc(F)ccc1F)C(=O)OC. The summed E-state index contributed by atoms with van der Waals surface area (Å²) in [6, 6.07) is 0.133. The van der Waals surface area contributed by atoms with Gasteiger partial charge >= 0.3 is 18.0 Å². The zero-order valence-corrected chi connectivity index (χ0v) is 17.0. The summed E-state index contributed by atoms with van der Waals surface area (Å²) in [4.78, 5) is 45.1. The van der Waals surface area contributed by atoms with Gasteiger partial charge in [-0.3, -0.25) is 4.79 Å². The van der Waals surface area contributed by atoms with Crippen LogP contribution in [0.3, 0.4) is 0 Å². The van der Waals surface area contributed by atoms with Gasteiger partial charge in [0.25, 0.3) is 0 Å². The molecular formula is C20H22F2N4O5. The number of fused-ring (bicyclic) bond motifs is 1. The smallest absolute Gasteiger partial charge is 0.328 e. The van der Waals surface area contributed by atoms with E-state index in [0.29, 0.717) is 17.8 Å². The van der Waals surface area contributed by atoms with Crippen molar-refractivity contribution >= 4 is 18.0 Å². The summed E-state index contributed by atoms with van der Waals surface area (Å²) in [6.07, 6.45) is 1.65. The van der Waals surface area contributed by atoms with Crippen LogP contribution in [0.1, 0.15) is 35.8 Å². The van der Waals surface area contributed by atoms with Gasteiger partial charge in [0.15, 0.2) is 0 Å². The number of halogens is 2. The maximum atomic E-state index is 14.6. The second kappa shape index (κ2) is 9.54. The molecule has 0 radical (unpaired) electrons. The Morgan fingerprint density at radius 3 is 2.77 bits per heavy atom. The first-order valence-electron chi connectivity index (χ1n) is 9.54. The van der Waals surface area contributed by atoms with Crippen LogP contribution >= 0.6 is 0 Å². The monoisotopic (exact) mass is 436 g/mol. The average molecular weight is 436 g/mol. The number of hydrogen-bond donors (Lipinski definition) is 2. The number of esters is 2. The normalized spacial score (nSPS) is 16.3. The summed E-state index contributed by atoms with van der Waals surface area (Å²) in [6.45, 7) is 0.159. The van der Waals surface area contributed by atoms with Crippen molar-refractivity contribution in [3.8, 4) is 0 Å². The maximum Gasteiger partial charge on any atom is 0.328 e. The number of carbonyl (C=O) groups is 3. The molecule has 2 N–H and O–H groups in total. The van der Waals surface area contributed by atoms with Crippen LogP contribution in [0.25, 0.3) is 0 Å². The minimum Gasteiger partial charge on any atom is -0.469 e. The summed E-state index contributed by atoms with van der Waals surface area (Å²) in [7, 11) is 2.36. The summed E-state index contributed by atoms with van der Waals surface area (Å²) in [5, 5.41) is 2.52. The van der Waals surface area contributed by atoms with Crippen LogP contribution < -0.4 is 5.32 Å². The molecule has 0 spiro atoms. The summed E-state index contributed by atoms with van der Waals surface area (Å²) in [5.41, 5.74) is 1.02. The number of amides is 2. The number of urea groups is 1. The van der Waals surface area contributed by atoms with Gasteiger partial charge in [-0.15, -0.1) is 0 Å².